The summed E-state index contributed by atoms with van der Waals surface area (Å²) >= 11 is 3.14. The number of benzene rings is 1. The van der Waals surface area contributed by atoms with Crippen LogP contribution in [-0.4, -0.2) is 29.5 Å². The van der Waals surface area contributed by atoms with Crippen LogP contribution < -0.4 is 10.5 Å². The van der Waals surface area contributed by atoms with Crippen molar-refractivity contribution in [1.29, 1.82) is 0 Å². The maximum atomic E-state index is 12.6. The van der Waals surface area contributed by atoms with E-state index in [1.807, 2.05) is 6.92 Å². The normalized spacial score (nSPS) is 15.1. The molecule has 2 aromatic heterocycles. The van der Waals surface area contributed by atoms with Gasteiger partial charge in [-0.1, -0.05) is 11.8 Å². The van der Waals surface area contributed by atoms with Gasteiger partial charge in [0.15, 0.2) is 0 Å². The zero-order valence-electron chi connectivity index (χ0n) is 15.7. The molecule has 0 aliphatic heterocycles. The Morgan fingerprint density at radius 1 is 1.21 bits per heavy atom. The Hall–Kier alpha value is -2.01. The van der Waals surface area contributed by atoms with E-state index in [-0.39, 0.29) is 16.1 Å². The predicted octanol–water partition coefficient (Wildman–Crippen LogP) is 3.34. The third kappa shape index (κ3) is 4.30. The molecule has 1 atom stereocenters. The molecule has 0 spiro atoms. The van der Waals surface area contributed by atoms with Crippen LogP contribution in [0.2, 0.25) is 0 Å². The van der Waals surface area contributed by atoms with Gasteiger partial charge in [0, 0.05) is 16.0 Å². The van der Waals surface area contributed by atoms with Gasteiger partial charge in [0.25, 0.3) is 0 Å². The molecule has 29 heavy (non-hydrogen) atoms. The number of primary sulfonamides is 1. The number of nitrogens with zero attached hydrogens (tertiary/aromatic N) is 2. The van der Waals surface area contributed by atoms with Crippen molar-refractivity contribution in [2.24, 2.45) is 5.14 Å². The maximum Gasteiger partial charge on any atom is 0.238 e. The monoisotopic (exact) mass is 448 g/mol. The average molecular weight is 449 g/mol. The number of carbonyl (C=O) groups is 1. The first-order chi connectivity index (χ1) is 13.8. The first-order valence-electron chi connectivity index (χ1n) is 9.18. The lowest BCUT2D eigenvalue weighted by molar-refractivity contribution is -0.115. The molecule has 3 N–H and O–H groups in total. The van der Waals surface area contributed by atoms with E-state index in [1.54, 1.807) is 17.7 Å². The Morgan fingerprint density at radius 3 is 2.66 bits per heavy atom. The van der Waals surface area contributed by atoms with E-state index in [2.05, 4.69) is 15.3 Å². The highest BCUT2D eigenvalue weighted by atomic mass is 32.2. The van der Waals surface area contributed by atoms with Crippen molar-refractivity contribution in [3.8, 4) is 0 Å². The topological polar surface area (TPSA) is 115 Å². The summed E-state index contributed by atoms with van der Waals surface area (Å²) in [6.45, 7) is 1.82. The molecule has 1 aliphatic rings. The van der Waals surface area contributed by atoms with Gasteiger partial charge in [0.2, 0.25) is 15.9 Å². The minimum Gasteiger partial charge on any atom is -0.325 e. The van der Waals surface area contributed by atoms with E-state index in [0.29, 0.717) is 5.69 Å². The quantitative estimate of drug-likeness (QED) is 0.457. The predicted molar refractivity (Wildman–Crippen MR) is 116 cm³/mol. The molecule has 1 amide bonds. The number of rotatable bonds is 5. The molecule has 0 saturated carbocycles. The number of amides is 1. The fourth-order valence-corrected chi connectivity index (χ4v) is 6.10. The van der Waals surface area contributed by atoms with Crippen molar-refractivity contribution in [3.05, 3.63) is 41.0 Å². The molecule has 3 aromatic rings. The van der Waals surface area contributed by atoms with E-state index >= 15 is 0 Å². The number of sulfonamides is 1. The van der Waals surface area contributed by atoms with Crippen molar-refractivity contribution >= 4 is 54.9 Å². The number of nitrogens with one attached hydrogen (secondary N) is 1. The summed E-state index contributed by atoms with van der Waals surface area (Å²) in [5.41, 5.74) is 1.85. The highest BCUT2D eigenvalue weighted by Gasteiger charge is 2.23. The lowest BCUT2D eigenvalue weighted by atomic mass is 9.97. The van der Waals surface area contributed by atoms with Crippen LogP contribution in [-0.2, 0) is 27.7 Å². The first kappa shape index (κ1) is 20.3. The van der Waals surface area contributed by atoms with Crippen LogP contribution in [0.3, 0.4) is 0 Å². The molecule has 0 bridgehead atoms. The molecule has 0 fully saturated rings. The van der Waals surface area contributed by atoms with Gasteiger partial charge >= 0.3 is 0 Å². The van der Waals surface area contributed by atoms with Crippen LogP contribution in [0.4, 0.5) is 5.69 Å². The molecule has 7 nitrogen and oxygen atoms in total. The zero-order valence-corrected chi connectivity index (χ0v) is 18.2. The van der Waals surface area contributed by atoms with Gasteiger partial charge in [-0.2, -0.15) is 0 Å². The van der Waals surface area contributed by atoms with Crippen LogP contribution in [0.25, 0.3) is 10.2 Å². The zero-order chi connectivity index (χ0) is 20.6. The highest BCUT2D eigenvalue weighted by molar-refractivity contribution is 8.00. The number of fused-ring (bicyclic) bond motifs is 3. The number of hydrogen-bond donors (Lipinski definition) is 2. The number of anilines is 1. The summed E-state index contributed by atoms with van der Waals surface area (Å²) < 4.78 is 22.7. The minimum absolute atomic E-state index is 0.00327. The fraction of sp³-hybridized carbons (Fsp3) is 0.316. The maximum absolute atomic E-state index is 12.6. The van der Waals surface area contributed by atoms with Crippen LogP contribution in [0.15, 0.2) is 40.5 Å². The molecule has 2 heterocycles. The molecule has 0 radical (unpaired) electrons. The molecule has 152 valence electrons. The summed E-state index contributed by atoms with van der Waals surface area (Å²) in [6.07, 6.45) is 6.06. The molecular formula is C19H20N4O3S3. The third-order valence-electron chi connectivity index (χ3n) is 4.82. The van der Waals surface area contributed by atoms with Crippen LogP contribution in [0.1, 0.15) is 30.2 Å². The van der Waals surface area contributed by atoms with Crippen molar-refractivity contribution < 1.29 is 13.2 Å². The smallest absolute Gasteiger partial charge is 0.238 e. The Kier molecular flexibility index (Phi) is 5.60. The van der Waals surface area contributed by atoms with Crippen LogP contribution in [0, 0.1) is 0 Å². The number of aromatic nitrogens is 2. The van der Waals surface area contributed by atoms with E-state index in [1.165, 1.54) is 59.3 Å². The minimum atomic E-state index is -3.76. The number of thiophene rings is 1. The third-order valence-corrected chi connectivity index (χ3v) is 8.05. The Bertz CT molecular complexity index is 1170. The van der Waals surface area contributed by atoms with Crippen molar-refractivity contribution in [1.82, 2.24) is 9.97 Å². The Balaban J connectivity index is 1.51. The second kappa shape index (κ2) is 8.02. The van der Waals surface area contributed by atoms with Gasteiger partial charge in [0.1, 0.15) is 16.2 Å². The number of carbonyl (C=O) groups excluding carboxylic acids is 1. The Labute approximate surface area is 177 Å². The standard InChI is InChI=1S/C19H20N4O3S3/c1-11(17(24)23-12-6-8-13(9-7-12)29(20,25)26)27-18-16-14-4-2-3-5-15(14)28-19(16)22-10-21-18/h6-11H,2-5H2,1H3,(H,23,24)(H2,20,25,26)/t11-/m1/s1. The molecule has 4 rings (SSSR count). The number of nitrogens with two attached hydrogens (primary N) is 1. The lowest BCUT2D eigenvalue weighted by Gasteiger charge is -2.14. The lowest BCUT2D eigenvalue weighted by Crippen LogP contribution is -2.22. The van der Waals surface area contributed by atoms with E-state index in [4.69, 9.17) is 5.14 Å². The summed E-state index contributed by atoms with van der Waals surface area (Å²) in [7, 11) is -3.76. The summed E-state index contributed by atoms with van der Waals surface area (Å²) in [5.74, 6) is -0.186. The summed E-state index contributed by atoms with van der Waals surface area (Å²) in [5, 5.41) is 9.45. The van der Waals surface area contributed by atoms with Gasteiger partial charge in [-0.25, -0.2) is 23.5 Å². The first-order valence-corrected chi connectivity index (χ1v) is 12.4. The van der Waals surface area contributed by atoms with Gasteiger partial charge < -0.3 is 5.32 Å². The van der Waals surface area contributed by atoms with Gasteiger partial charge in [-0.05, 0) is 62.4 Å². The van der Waals surface area contributed by atoms with E-state index < -0.39 is 10.0 Å². The van der Waals surface area contributed by atoms with Gasteiger partial charge in [-0.3, -0.25) is 4.79 Å². The van der Waals surface area contributed by atoms with Gasteiger partial charge in [-0.15, -0.1) is 11.3 Å². The van der Waals surface area contributed by atoms with Crippen molar-refractivity contribution in [3.63, 3.8) is 0 Å². The number of thioether (sulfide) groups is 1. The fourth-order valence-electron chi connectivity index (χ4n) is 3.34. The molecule has 0 saturated heterocycles. The second-order valence-corrected chi connectivity index (χ2v) is 10.9. The van der Waals surface area contributed by atoms with Crippen LogP contribution in [0.5, 0.6) is 0 Å². The second-order valence-electron chi connectivity index (χ2n) is 6.89. The van der Waals surface area contributed by atoms with Crippen molar-refractivity contribution in [2.45, 2.75) is 47.8 Å². The molecule has 10 heteroatoms. The molecule has 0 unspecified atom stereocenters. The van der Waals surface area contributed by atoms with Gasteiger partial charge in [0.05, 0.1) is 10.1 Å². The molecule has 1 aliphatic carbocycles. The highest BCUT2D eigenvalue weighted by Crippen LogP contribution is 2.40. The SMILES string of the molecule is C[C@@H](Sc1ncnc2sc3c(c12)CCCC3)C(=O)Nc1ccc(S(N)(=O)=O)cc1. The average Bonchev–Trinajstić information content (AvgIpc) is 3.07. The van der Waals surface area contributed by atoms with E-state index in [0.717, 1.165) is 28.1 Å². The van der Waals surface area contributed by atoms with Crippen LogP contribution >= 0.6 is 23.1 Å². The van der Waals surface area contributed by atoms with Crippen molar-refractivity contribution in [2.75, 3.05) is 5.32 Å². The van der Waals surface area contributed by atoms with E-state index in [9.17, 15) is 13.2 Å². The summed E-state index contributed by atoms with van der Waals surface area (Å²) in [6, 6.07) is 5.78. The number of hydrogen-bond acceptors (Lipinski definition) is 7. The largest absolute Gasteiger partial charge is 0.325 e. The summed E-state index contributed by atoms with van der Waals surface area (Å²) in [4.78, 5) is 23.9. The Morgan fingerprint density at radius 2 is 1.93 bits per heavy atom. The number of aryl methyl sites for hydroxylation is 2. The molecule has 1 aromatic carbocycles. The molecular weight excluding hydrogens is 428 g/mol.